The van der Waals surface area contributed by atoms with Crippen molar-refractivity contribution in [2.24, 2.45) is 5.73 Å². The highest BCUT2D eigenvalue weighted by Gasteiger charge is 2.21. The zero-order chi connectivity index (χ0) is 15.5. The molecule has 0 rings (SSSR count). The molecule has 0 aromatic rings. The predicted molar refractivity (Wildman–Crippen MR) is 75.3 cm³/mol. The second-order valence-electron chi connectivity index (χ2n) is 3.26. The van der Waals surface area contributed by atoms with Gasteiger partial charge in [-0.1, -0.05) is 0 Å². The highest BCUT2D eigenvalue weighted by atomic mass is 32.2. The molecule has 0 saturated carbocycles. The molecule has 0 aliphatic carbocycles. The summed E-state index contributed by atoms with van der Waals surface area (Å²) in [5.41, 5.74) is 4.72. The second-order valence-corrected chi connectivity index (χ2v) is 4.11. The first-order chi connectivity index (χ1) is 9.46. The second kappa shape index (κ2) is 9.90. The summed E-state index contributed by atoms with van der Waals surface area (Å²) >= 11 is 1.19. The molecule has 0 heterocycles. The molecule has 8 heteroatoms. The van der Waals surface area contributed by atoms with Gasteiger partial charge in [-0.25, -0.2) is 9.59 Å². The number of carbonyl (C=O) groups excluding carboxylic acids is 3. The van der Waals surface area contributed by atoms with Gasteiger partial charge in [0.2, 0.25) is 5.91 Å². The van der Waals surface area contributed by atoms with Crippen LogP contribution in [0.25, 0.3) is 0 Å². The van der Waals surface area contributed by atoms with E-state index in [1.54, 1.807) is 20.1 Å². The Hall–Kier alpha value is -1.96. The summed E-state index contributed by atoms with van der Waals surface area (Å²) in [6.07, 6.45) is 3.96. The third-order valence-electron chi connectivity index (χ3n) is 1.84. The summed E-state index contributed by atoms with van der Waals surface area (Å²) in [5.74, 6) is -2.26. The molecule has 112 valence electrons. The van der Waals surface area contributed by atoms with E-state index >= 15 is 0 Å². The number of carbonyl (C=O) groups is 3. The van der Waals surface area contributed by atoms with Crippen molar-refractivity contribution in [3.05, 3.63) is 22.9 Å². The number of hydrogen-bond donors (Lipinski definition) is 2. The van der Waals surface area contributed by atoms with Crippen LogP contribution in [0.3, 0.4) is 0 Å². The number of nitrogens with two attached hydrogens (primary N) is 1. The fourth-order valence-electron chi connectivity index (χ4n) is 1.05. The highest BCUT2D eigenvalue weighted by molar-refractivity contribution is 8.02. The molecular formula is C12H18N2O5S. The van der Waals surface area contributed by atoms with E-state index < -0.39 is 17.8 Å². The molecule has 0 bridgehead atoms. The summed E-state index contributed by atoms with van der Waals surface area (Å²) in [4.78, 5) is 34.0. The molecule has 0 aromatic heterocycles. The molecule has 0 aliphatic rings. The fourth-order valence-corrected chi connectivity index (χ4v) is 1.46. The molecular weight excluding hydrogens is 284 g/mol. The number of rotatable bonds is 8. The van der Waals surface area contributed by atoms with Crippen LogP contribution >= 0.6 is 11.8 Å². The normalized spacial score (nSPS) is 10.4. The maximum absolute atomic E-state index is 11.6. The van der Waals surface area contributed by atoms with E-state index in [4.69, 9.17) is 15.2 Å². The predicted octanol–water partition coefficient (Wildman–Crippen LogP) is 0.276. The maximum Gasteiger partial charge on any atom is 0.347 e. The van der Waals surface area contributed by atoms with E-state index in [1.165, 1.54) is 11.8 Å². The van der Waals surface area contributed by atoms with Crippen LogP contribution in [0.15, 0.2) is 22.9 Å². The summed E-state index contributed by atoms with van der Waals surface area (Å²) in [7, 11) is 0. The van der Waals surface area contributed by atoms with Gasteiger partial charge in [-0.15, -0.1) is 11.8 Å². The van der Waals surface area contributed by atoms with Crippen molar-refractivity contribution in [2.75, 3.05) is 19.5 Å². The Morgan fingerprint density at radius 3 is 2.00 bits per heavy atom. The number of hydrogen-bond acceptors (Lipinski definition) is 7. The van der Waals surface area contributed by atoms with E-state index in [1.807, 2.05) is 0 Å². The van der Waals surface area contributed by atoms with Crippen molar-refractivity contribution in [1.82, 2.24) is 5.32 Å². The molecule has 20 heavy (non-hydrogen) atoms. The molecule has 7 nitrogen and oxygen atoms in total. The van der Waals surface area contributed by atoms with Gasteiger partial charge in [0.25, 0.3) is 0 Å². The van der Waals surface area contributed by atoms with Crippen molar-refractivity contribution in [3.63, 3.8) is 0 Å². The minimum atomic E-state index is -0.807. The van der Waals surface area contributed by atoms with Gasteiger partial charge in [-0.2, -0.15) is 0 Å². The maximum atomic E-state index is 11.6. The topological polar surface area (TPSA) is 108 Å². The van der Waals surface area contributed by atoms with Gasteiger partial charge in [-0.05, 0) is 20.1 Å². The van der Waals surface area contributed by atoms with E-state index in [2.05, 4.69) is 5.32 Å². The molecule has 1 amide bonds. The van der Waals surface area contributed by atoms with Crippen molar-refractivity contribution >= 4 is 29.6 Å². The number of esters is 2. The summed E-state index contributed by atoms with van der Waals surface area (Å²) in [6, 6.07) is 0. The summed E-state index contributed by atoms with van der Waals surface area (Å²) in [6.45, 7) is 3.49. The van der Waals surface area contributed by atoms with Crippen molar-refractivity contribution in [3.8, 4) is 0 Å². The monoisotopic (exact) mass is 302 g/mol. The van der Waals surface area contributed by atoms with E-state index in [-0.39, 0.29) is 18.8 Å². The van der Waals surface area contributed by atoms with Gasteiger partial charge < -0.3 is 20.5 Å². The first-order valence-corrected chi connectivity index (χ1v) is 7.04. The zero-order valence-corrected chi connectivity index (χ0v) is 12.4. The first-order valence-electron chi connectivity index (χ1n) is 5.82. The molecule has 0 saturated heterocycles. The van der Waals surface area contributed by atoms with Gasteiger partial charge in [0.15, 0.2) is 5.57 Å². The lowest BCUT2D eigenvalue weighted by atomic mass is 10.3. The van der Waals surface area contributed by atoms with Crippen LogP contribution in [0.5, 0.6) is 0 Å². The average Bonchev–Trinajstić information content (AvgIpc) is 2.37. The summed E-state index contributed by atoms with van der Waals surface area (Å²) < 4.78 is 9.51. The van der Waals surface area contributed by atoms with Crippen molar-refractivity contribution in [1.29, 1.82) is 0 Å². The van der Waals surface area contributed by atoms with Gasteiger partial charge in [0.05, 0.1) is 18.2 Å². The third-order valence-corrected chi connectivity index (χ3v) is 2.52. The largest absolute Gasteiger partial charge is 0.462 e. The van der Waals surface area contributed by atoms with Crippen LogP contribution in [-0.2, 0) is 23.9 Å². The summed E-state index contributed by atoms with van der Waals surface area (Å²) in [5, 5.41) is 3.02. The quantitative estimate of drug-likeness (QED) is 0.287. The Morgan fingerprint density at radius 1 is 1.15 bits per heavy atom. The minimum absolute atomic E-state index is 0.127. The van der Waals surface area contributed by atoms with Gasteiger partial charge in [-0.3, -0.25) is 4.79 Å². The van der Waals surface area contributed by atoms with Gasteiger partial charge >= 0.3 is 11.9 Å². The van der Waals surface area contributed by atoms with E-state index in [9.17, 15) is 14.4 Å². The van der Waals surface area contributed by atoms with Crippen LogP contribution in [-0.4, -0.2) is 37.3 Å². The number of nitrogens with one attached hydrogen (secondary N) is 1. The number of thioether (sulfide) groups is 1. The molecule has 0 unspecified atom stereocenters. The highest BCUT2D eigenvalue weighted by Crippen LogP contribution is 2.09. The molecule has 0 radical (unpaired) electrons. The Kier molecular flexibility index (Phi) is 8.93. The Bertz CT molecular complexity index is 412. The first kappa shape index (κ1) is 18.0. The van der Waals surface area contributed by atoms with Crippen LogP contribution in [0, 0.1) is 0 Å². The molecule has 0 fully saturated rings. The molecule has 0 atom stereocenters. The van der Waals surface area contributed by atoms with Crippen LogP contribution in [0.1, 0.15) is 13.8 Å². The Labute approximate surface area is 121 Å². The average molecular weight is 302 g/mol. The Balaban J connectivity index is 5.10. The van der Waals surface area contributed by atoms with Crippen LogP contribution < -0.4 is 11.1 Å². The number of primary amides is 1. The fraction of sp³-hybridized carbons (Fsp3) is 0.417. The Morgan fingerprint density at radius 2 is 1.65 bits per heavy atom. The number of ether oxygens (including phenoxy) is 2. The molecule has 0 aromatic carbocycles. The number of amides is 1. The molecule has 0 spiro atoms. The molecule has 0 aliphatic heterocycles. The lowest BCUT2D eigenvalue weighted by molar-refractivity contribution is -0.146. The van der Waals surface area contributed by atoms with Gasteiger partial charge in [0, 0.05) is 12.3 Å². The molecule has 3 N–H and O–H groups in total. The zero-order valence-electron chi connectivity index (χ0n) is 11.6. The van der Waals surface area contributed by atoms with Crippen molar-refractivity contribution < 1.29 is 23.9 Å². The minimum Gasteiger partial charge on any atom is -0.462 e. The third kappa shape index (κ3) is 6.83. The smallest absolute Gasteiger partial charge is 0.347 e. The van der Waals surface area contributed by atoms with Crippen LogP contribution in [0.4, 0.5) is 0 Å². The lowest BCUT2D eigenvalue weighted by Crippen LogP contribution is -2.21. The van der Waals surface area contributed by atoms with Gasteiger partial charge in [0.1, 0.15) is 0 Å². The van der Waals surface area contributed by atoms with E-state index in [0.717, 1.165) is 12.3 Å². The standard InChI is InChI=1S/C12H18N2O5S/c1-4-18-11(16)8(12(17)19-5-2)7-14-10(20-3)6-9(13)15/h6-7,14H,4-5H2,1-3H3,(H2,13,15)/b10-6+. The van der Waals surface area contributed by atoms with Crippen molar-refractivity contribution in [2.45, 2.75) is 13.8 Å². The van der Waals surface area contributed by atoms with Crippen LogP contribution in [0.2, 0.25) is 0 Å². The SMILES string of the molecule is CCOC(=O)C(=CN/C(=C\C(N)=O)SC)C(=O)OCC. The van der Waals surface area contributed by atoms with E-state index in [0.29, 0.717) is 5.03 Å². The lowest BCUT2D eigenvalue weighted by Gasteiger charge is -2.08.